The van der Waals surface area contributed by atoms with Gasteiger partial charge in [0, 0.05) is 13.2 Å². The summed E-state index contributed by atoms with van der Waals surface area (Å²) >= 11 is 0. The van der Waals surface area contributed by atoms with Gasteiger partial charge in [0.15, 0.2) is 0 Å². The van der Waals surface area contributed by atoms with Crippen molar-refractivity contribution in [1.82, 2.24) is 5.32 Å². The zero-order chi connectivity index (χ0) is 9.23. The quantitative estimate of drug-likeness (QED) is 0.706. The fourth-order valence-corrected chi connectivity index (χ4v) is 1.27. The minimum Gasteiger partial charge on any atom is -0.377 e. The predicted octanol–water partition coefficient (Wildman–Crippen LogP) is 2.19. The third-order valence-electron chi connectivity index (χ3n) is 1.90. The predicted molar refractivity (Wildman–Crippen MR) is 53.5 cm³/mol. The molecule has 0 aromatic heterocycles. The molecule has 1 heterocycles. The van der Waals surface area contributed by atoms with E-state index in [4.69, 9.17) is 4.74 Å². The monoisotopic (exact) mass is 173 g/mol. The van der Waals surface area contributed by atoms with E-state index in [1.807, 2.05) is 13.8 Å². The average molecular weight is 173 g/mol. The molecule has 0 aliphatic carbocycles. The molecule has 1 saturated heterocycles. The highest BCUT2D eigenvalue weighted by Crippen LogP contribution is 2.11. The molecule has 0 amide bonds. The highest BCUT2D eigenvalue weighted by molar-refractivity contribution is 4.65. The molecule has 12 heavy (non-hydrogen) atoms. The standard InChI is InChI=1S/C8H17NO.C2H6/c1-2-9-7-8-5-3-4-6-10-8;1-2/h8-9H,2-7H2,1H3;1-2H3. The van der Waals surface area contributed by atoms with Crippen LogP contribution in [-0.4, -0.2) is 25.8 Å². The van der Waals surface area contributed by atoms with E-state index in [-0.39, 0.29) is 0 Å². The van der Waals surface area contributed by atoms with Gasteiger partial charge in [-0.15, -0.1) is 0 Å². The van der Waals surface area contributed by atoms with E-state index in [1.54, 1.807) is 0 Å². The number of rotatable bonds is 3. The topological polar surface area (TPSA) is 21.3 Å². The lowest BCUT2D eigenvalue weighted by Crippen LogP contribution is -2.31. The third-order valence-corrected chi connectivity index (χ3v) is 1.90. The Bertz CT molecular complexity index is 79.9. The number of ether oxygens (including phenoxy) is 1. The van der Waals surface area contributed by atoms with Crippen molar-refractivity contribution in [3.05, 3.63) is 0 Å². The molecular weight excluding hydrogens is 150 g/mol. The zero-order valence-corrected chi connectivity index (χ0v) is 8.73. The first kappa shape index (κ1) is 11.9. The highest BCUT2D eigenvalue weighted by Gasteiger charge is 2.11. The van der Waals surface area contributed by atoms with Gasteiger partial charge in [0.2, 0.25) is 0 Å². The maximum Gasteiger partial charge on any atom is 0.0699 e. The number of hydrogen-bond acceptors (Lipinski definition) is 2. The second-order valence-corrected chi connectivity index (χ2v) is 2.80. The van der Waals surface area contributed by atoms with Crippen molar-refractivity contribution >= 4 is 0 Å². The van der Waals surface area contributed by atoms with E-state index < -0.39 is 0 Å². The van der Waals surface area contributed by atoms with Crippen molar-refractivity contribution in [2.45, 2.75) is 46.1 Å². The molecule has 0 radical (unpaired) electrons. The first-order chi connectivity index (χ1) is 5.93. The van der Waals surface area contributed by atoms with E-state index in [0.717, 1.165) is 19.7 Å². The maximum absolute atomic E-state index is 5.52. The first-order valence-electron chi connectivity index (χ1n) is 5.26. The van der Waals surface area contributed by atoms with Crippen LogP contribution in [-0.2, 0) is 4.74 Å². The maximum atomic E-state index is 5.52. The molecule has 1 atom stereocenters. The summed E-state index contributed by atoms with van der Waals surface area (Å²) in [5.74, 6) is 0. The van der Waals surface area contributed by atoms with Gasteiger partial charge in [-0.25, -0.2) is 0 Å². The van der Waals surface area contributed by atoms with Gasteiger partial charge < -0.3 is 10.1 Å². The lowest BCUT2D eigenvalue weighted by Gasteiger charge is -2.22. The Labute approximate surface area is 76.7 Å². The third kappa shape index (κ3) is 5.56. The molecular formula is C10H23NO. The van der Waals surface area contributed by atoms with Gasteiger partial charge in [-0.3, -0.25) is 0 Å². The Morgan fingerprint density at radius 1 is 1.33 bits per heavy atom. The summed E-state index contributed by atoms with van der Waals surface area (Å²) in [5.41, 5.74) is 0. The molecule has 0 aromatic rings. The molecule has 1 rings (SSSR count). The van der Waals surface area contributed by atoms with Crippen LogP contribution in [0.15, 0.2) is 0 Å². The Morgan fingerprint density at radius 2 is 2.08 bits per heavy atom. The zero-order valence-electron chi connectivity index (χ0n) is 8.73. The van der Waals surface area contributed by atoms with Gasteiger partial charge in [0.05, 0.1) is 6.10 Å². The lowest BCUT2D eigenvalue weighted by molar-refractivity contribution is 0.0173. The minimum absolute atomic E-state index is 0.494. The normalized spacial score (nSPS) is 22.8. The van der Waals surface area contributed by atoms with Crippen LogP contribution < -0.4 is 5.32 Å². The molecule has 1 fully saturated rings. The summed E-state index contributed by atoms with van der Waals surface area (Å²) in [5, 5.41) is 3.29. The molecule has 2 heteroatoms. The Kier molecular flexibility index (Phi) is 8.95. The van der Waals surface area contributed by atoms with Gasteiger partial charge >= 0.3 is 0 Å². The van der Waals surface area contributed by atoms with Crippen LogP contribution in [0.4, 0.5) is 0 Å². The van der Waals surface area contributed by atoms with Crippen LogP contribution in [0, 0.1) is 0 Å². The molecule has 2 nitrogen and oxygen atoms in total. The summed E-state index contributed by atoms with van der Waals surface area (Å²) in [7, 11) is 0. The van der Waals surface area contributed by atoms with E-state index in [9.17, 15) is 0 Å². The average Bonchev–Trinajstić information content (AvgIpc) is 2.19. The summed E-state index contributed by atoms with van der Waals surface area (Å²) in [6, 6.07) is 0. The van der Waals surface area contributed by atoms with E-state index >= 15 is 0 Å². The Hall–Kier alpha value is -0.0800. The second-order valence-electron chi connectivity index (χ2n) is 2.80. The summed E-state index contributed by atoms with van der Waals surface area (Å²) in [6.45, 7) is 9.19. The van der Waals surface area contributed by atoms with Gasteiger partial charge in [-0.05, 0) is 25.8 Å². The SMILES string of the molecule is CC.CCNCC1CCCCO1. The second kappa shape index (κ2) is 9.01. The molecule has 74 valence electrons. The van der Waals surface area contributed by atoms with Crippen molar-refractivity contribution in [3.63, 3.8) is 0 Å². The van der Waals surface area contributed by atoms with Crippen molar-refractivity contribution in [2.24, 2.45) is 0 Å². The molecule has 1 aliphatic heterocycles. The number of nitrogens with one attached hydrogen (secondary N) is 1. The van der Waals surface area contributed by atoms with Crippen LogP contribution in [0.2, 0.25) is 0 Å². The van der Waals surface area contributed by atoms with Crippen LogP contribution in [0.1, 0.15) is 40.0 Å². The molecule has 0 spiro atoms. The molecule has 0 bridgehead atoms. The molecule has 1 aliphatic rings. The van der Waals surface area contributed by atoms with Crippen molar-refractivity contribution in [2.75, 3.05) is 19.7 Å². The fourth-order valence-electron chi connectivity index (χ4n) is 1.27. The highest BCUT2D eigenvalue weighted by atomic mass is 16.5. The van der Waals surface area contributed by atoms with Crippen molar-refractivity contribution < 1.29 is 4.74 Å². The van der Waals surface area contributed by atoms with E-state index in [2.05, 4.69) is 12.2 Å². The summed E-state index contributed by atoms with van der Waals surface area (Å²) in [4.78, 5) is 0. The van der Waals surface area contributed by atoms with E-state index in [1.165, 1.54) is 19.3 Å². The largest absolute Gasteiger partial charge is 0.377 e. The van der Waals surface area contributed by atoms with Crippen LogP contribution >= 0.6 is 0 Å². The van der Waals surface area contributed by atoms with Crippen molar-refractivity contribution in [1.29, 1.82) is 0 Å². The van der Waals surface area contributed by atoms with Gasteiger partial charge in [-0.1, -0.05) is 20.8 Å². The van der Waals surface area contributed by atoms with Crippen LogP contribution in [0.5, 0.6) is 0 Å². The minimum atomic E-state index is 0.494. The number of likely N-dealkylation sites (N-methyl/N-ethyl adjacent to an activating group) is 1. The van der Waals surface area contributed by atoms with Gasteiger partial charge in [0.1, 0.15) is 0 Å². The van der Waals surface area contributed by atoms with Crippen LogP contribution in [0.3, 0.4) is 0 Å². The van der Waals surface area contributed by atoms with Crippen molar-refractivity contribution in [3.8, 4) is 0 Å². The first-order valence-corrected chi connectivity index (χ1v) is 5.26. The van der Waals surface area contributed by atoms with Gasteiger partial charge in [-0.2, -0.15) is 0 Å². The van der Waals surface area contributed by atoms with Crippen LogP contribution in [0.25, 0.3) is 0 Å². The molecule has 1 unspecified atom stereocenters. The summed E-state index contributed by atoms with van der Waals surface area (Å²) in [6.07, 6.45) is 4.33. The summed E-state index contributed by atoms with van der Waals surface area (Å²) < 4.78 is 5.52. The fraction of sp³-hybridized carbons (Fsp3) is 1.00. The van der Waals surface area contributed by atoms with E-state index in [0.29, 0.717) is 6.10 Å². The molecule has 0 saturated carbocycles. The smallest absolute Gasteiger partial charge is 0.0699 e. The number of hydrogen-bond donors (Lipinski definition) is 1. The lowest BCUT2D eigenvalue weighted by atomic mass is 10.1. The molecule has 1 N–H and O–H groups in total. The Morgan fingerprint density at radius 3 is 2.58 bits per heavy atom. The van der Waals surface area contributed by atoms with Gasteiger partial charge in [0.25, 0.3) is 0 Å². The molecule has 0 aromatic carbocycles. The Balaban J connectivity index is 0.000000561.